The lowest BCUT2D eigenvalue weighted by Gasteiger charge is -2.48. The third-order valence-electron chi connectivity index (χ3n) is 5.10. The van der Waals surface area contributed by atoms with Crippen LogP contribution in [-0.2, 0) is 0 Å². The summed E-state index contributed by atoms with van der Waals surface area (Å²) in [6.07, 6.45) is 7.26. The maximum atomic E-state index is 10.8. The number of fused-ring (bicyclic) bond motifs is 1. The van der Waals surface area contributed by atoms with Crippen LogP contribution in [0.5, 0.6) is 0 Å². The van der Waals surface area contributed by atoms with Crippen molar-refractivity contribution in [1.29, 1.82) is 5.26 Å². The lowest BCUT2D eigenvalue weighted by molar-refractivity contribution is -0.0612. The maximum absolute atomic E-state index is 10.8. The van der Waals surface area contributed by atoms with Crippen LogP contribution < -0.4 is 4.90 Å². The first-order valence-electron chi connectivity index (χ1n) is 7.72. The molecule has 21 heavy (non-hydrogen) atoms. The summed E-state index contributed by atoms with van der Waals surface area (Å²) < 4.78 is 0. The zero-order valence-electron chi connectivity index (χ0n) is 12.5. The van der Waals surface area contributed by atoms with Gasteiger partial charge in [0.2, 0.25) is 0 Å². The van der Waals surface area contributed by atoms with Crippen molar-refractivity contribution in [2.24, 2.45) is 5.92 Å². The highest BCUT2D eigenvalue weighted by molar-refractivity contribution is 7.98. The van der Waals surface area contributed by atoms with Crippen molar-refractivity contribution in [3.05, 3.63) is 23.8 Å². The van der Waals surface area contributed by atoms with E-state index in [9.17, 15) is 10.4 Å². The van der Waals surface area contributed by atoms with Gasteiger partial charge in [-0.3, -0.25) is 0 Å². The van der Waals surface area contributed by atoms with Gasteiger partial charge < -0.3 is 10.0 Å². The van der Waals surface area contributed by atoms with Gasteiger partial charge in [0.25, 0.3) is 0 Å². The standard InChI is InChI=1S/C17H22N2OS/c1-21-16-7-4-6-15(14(16)11-18)19-10-9-17(20)8-3-2-5-13(17)12-19/h4,6-7,13,20H,2-3,5,8-10,12H2,1H3. The molecular formula is C17H22N2OS. The van der Waals surface area contributed by atoms with Gasteiger partial charge in [-0.25, -0.2) is 0 Å². The molecule has 2 unspecified atom stereocenters. The molecule has 3 nitrogen and oxygen atoms in total. The third kappa shape index (κ3) is 2.65. The Balaban J connectivity index is 1.88. The second-order valence-corrected chi connectivity index (χ2v) is 7.06. The number of rotatable bonds is 2. The molecule has 1 heterocycles. The zero-order valence-corrected chi connectivity index (χ0v) is 13.3. The number of benzene rings is 1. The number of hydrogen-bond acceptors (Lipinski definition) is 4. The second-order valence-electron chi connectivity index (χ2n) is 6.21. The molecular weight excluding hydrogens is 280 g/mol. The van der Waals surface area contributed by atoms with E-state index in [1.165, 1.54) is 6.42 Å². The molecule has 4 heteroatoms. The molecule has 1 saturated carbocycles. The summed E-state index contributed by atoms with van der Waals surface area (Å²) >= 11 is 1.62. The molecule has 1 N–H and O–H groups in total. The van der Waals surface area contributed by atoms with Crippen molar-refractivity contribution in [2.45, 2.75) is 42.6 Å². The average molecular weight is 302 g/mol. The van der Waals surface area contributed by atoms with Crippen LogP contribution in [0.3, 0.4) is 0 Å². The molecule has 1 aromatic rings. The Bertz CT molecular complexity index is 568. The normalized spacial score (nSPS) is 28.8. The maximum Gasteiger partial charge on any atom is 0.103 e. The van der Waals surface area contributed by atoms with E-state index in [1.807, 2.05) is 24.5 Å². The Morgan fingerprint density at radius 1 is 1.38 bits per heavy atom. The van der Waals surface area contributed by atoms with Crippen LogP contribution in [0.4, 0.5) is 5.69 Å². The third-order valence-corrected chi connectivity index (χ3v) is 5.88. The fourth-order valence-corrected chi connectivity index (χ4v) is 4.42. The molecule has 0 aromatic heterocycles. The number of piperidine rings is 1. The van der Waals surface area contributed by atoms with Gasteiger partial charge in [-0.2, -0.15) is 5.26 Å². The molecule has 112 valence electrons. The van der Waals surface area contributed by atoms with Gasteiger partial charge in [0.05, 0.1) is 16.9 Å². The highest BCUT2D eigenvalue weighted by Crippen LogP contribution is 2.42. The zero-order chi connectivity index (χ0) is 14.9. The average Bonchev–Trinajstić information content (AvgIpc) is 2.53. The number of nitriles is 1. The molecule has 0 amide bonds. The first-order valence-corrected chi connectivity index (χ1v) is 8.95. The summed E-state index contributed by atoms with van der Waals surface area (Å²) in [7, 11) is 0. The Labute approximate surface area is 131 Å². The van der Waals surface area contributed by atoms with Gasteiger partial charge in [-0.1, -0.05) is 18.9 Å². The lowest BCUT2D eigenvalue weighted by Crippen LogP contribution is -2.53. The Hall–Kier alpha value is -1.18. The Morgan fingerprint density at radius 3 is 3.00 bits per heavy atom. The number of aliphatic hydroxyl groups is 1. The summed E-state index contributed by atoms with van der Waals surface area (Å²) in [5.74, 6) is 0.351. The smallest absolute Gasteiger partial charge is 0.103 e. The molecule has 1 aliphatic heterocycles. The summed E-state index contributed by atoms with van der Waals surface area (Å²) in [4.78, 5) is 3.35. The minimum Gasteiger partial charge on any atom is -0.389 e. The van der Waals surface area contributed by atoms with Gasteiger partial charge in [-0.05, 0) is 37.7 Å². The van der Waals surface area contributed by atoms with Crippen LogP contribution in [0.15, 0.2) is 23.1 Å². The molecule has 1 aromatic carbocycles. The van der Waals surface area contributed by atoms with Crippen molar-refractivity contribution in [3.8, 4) is 6.07 Å². The van der Waals surface area contributed by atoms with Gasteiger partial charge in [0, 0.05) is 23.9 Å². The predicted molar refractivity (Wildman–Crippen MR) is 86.7 cm³/mol. The van der Waals surface area contributed by atoms with Crippen LogP contribution >= 0.6 is 11.8 Å². The van der Waals surface area contributed by atoms with Crippen LogP contribution in [0, 0.1) is 17.2 Å². The van der Waals surface area contributed by atoms with E-state index in [4.69, 9.17) is 0 Å². The second kappa shape index (κ2) is 5.90. The highest BCUT2D eigenvalue weighted by Gasteiger charge is 2.43. The molecule has 0 spiro atoms. The summed E-state index contributed by atoms with van der Waals surface area (Å²) in [5.41, 5.74) is 1.36. The van der Waals surface area contributed by atoms with Crippen molar-refractivity contribution in [1.82, 2.24) is 0 Å². The van der Waals surface area contributed by atoms with Gasteiger partial charge in [0.1, 0.15) is 6.07 Å². The van der Waals surface area contributed by atoms with Crippen molar-refractivity contribution >= 4 is 17.4 Å². The van der Waals surface area contributed by atoms with E-state index in [-0.39, 0.29) is 0 Å². The van der Waals surface area contributed by atoms with Gasteiger partial charge in [0.15, 0.2) is 0 Å². The van der Waals surface area contributed by atoms with Gasteiger partial charge in [-0.15, -0.1) is 11.8 Å². The SMILES string of the molecule is CSc1cccc(N2CCC3(O)CCCCC3C2)c1C#N. The number of anilines is 1. The number of hydrogen-bond donors (Lipinski definition) is 1. The molecule has 2 aliphatic rings. The largest absolute Gasteiger partial charge is 0.389 e. The summed E-state index contributed by atoms with van der Waals surface area (Å²) in [6, 6.07) is 8.46. The molecule has 0 bridgehead atoms. The van der Waals surface area contributed by atoms with Crippen LogP contribution in [0.25, 0.3) is 0 Å². The highest BCUT2D eigenvalue weighted by atomic mass is 32.2. The van der Waals surface area contributed by atoms with Crippen molar-refractivity contribution < 1.29 is 5.11 Å². The van der Waals surface area contributed by atoms with E-state index < -0.39 is 5.60 Å². The molecule has 2 fully saturated rings. The quantitative estimate of drug-likeness (QED) is 0.851. The minimum absolute atomic E-state index is 0.351. The molecule has 2 atom stereocenters. The topological polar surface area (TPSA) is 47.3 Å². The summed E-state index contributed by atoms with van der Waals surface area (Å²) in [5, 5.41) is 20.3. The van der Waals surface area contributed by atoms with E-state index in [0.717, 1.165) is 54.9 Å². The Kier molecular flexibility index (Phi) is 4.14. The Morgan fingerprint density at radius 2 is 2.24 bits per heavy atom. The first-order chi connectivity index (χ1) is 10.2. The summed E-state index contributed by atoms with van der Waals surface area (Å²) in [6.45, 7) is 1.72. The first kappa shape index (κ1) is 14.7. The predicted octanol–water partition coefficient (Wildman–Crippen LogP) is 3.41. The minimum atomic E-state index is -0.460. The van der Waals surface area contributed by atoms with Crippen molar-refractivity contribution in [2.75, 3.05) is 24.2 Å². The van der Waals surface area contributed by atoms with E-state index in [0.29, 0.717) is 5.92 Å². The number of thioether (sulfide) groups is 1. The molecule has 1 saturated heterocycles. The fraction of sp³-hybridized carbons (Fsp3) is 0.588. The lowest BCUT2D eigenvalue weighted by atomic mass is 9.71. The van der Waals surface area contributed by atoms with E-state index >= 15 is 0 Å². The van der Waals surface area contributed by atoms with Crippen molar-refractivity contribution in [3.63, 3.8) is 0 Å². The van der Waals surface area contributed by atoms with Crippen LogP contribution in [-0.4, -0.2) is 30.1 Å². The van der Waals surface area contributed by atoms with Crippen LogP contribution in [0.1, 0.15) is 37.7 Å². The van der Waals surface area contributed by atoms with Gasteiger partial charge >= 0.3 is 0 Å². The van der Waals surface area contributed by atoms with Crippen LogP contribution in [0.2, 0.25) is 0 Å². The monoisotopic (exact) mass is 302 g/mol. The van der Waals surface area contributed by atoms with E-state index in [1.54, 1.807) is 11.8 Å². The fourth-order valence-electron chi connectivity index (χ4n) is 3.86. The molecule has 3 rings (SSSR count). The van der Waals surface area contributed by atoms with E-state index in [2.05, 4.69) is 11.0 Å². The number of nitrogens with zero attached hydrogens (tertiary/aromatic N) is 2. The molecule has 1 aliphatic carbocycles. The molecule has 0 radical (unpaired) electrons.